The second-order valence-corrected chi connectivity index (χ2v) is 16.7. The van der Waals surface area contributed by atoms with E-state index < -0.39 is 21.9 Å². The van der Waals surface area contributed by atoms with Gasteiger partial charge in [-0.1, -0.05) is 279 Å². The van der Waals surface area contributed by atoms with E-state index in [0.29, 0.717) is 0 Å². The summed E-state index contributed by atoms with van der Waals surface area (Å²) in [5.74, 6) is 0. The first-order valence-corrected chi connectivity index (χ1v) is 22.0. The van der Waals surface area contributed by atoms with Crippen molar-refractivity contribution >= 4 is 16.5 Å². The van der Waals surface area contributed by atoms with Crippen LogP contribution in [-0.2, 0) is 21.9 Å². The molecule has 0 N–H and O–H groups in total. The average molecular weight is 806 g/mol. The standard InChI is InChI=1S/C62H47N/c1-9-30-49(31-10-1)59(50-32-11-2-12-33-50)60(51-34-13-3-14-35-51,52-36-15-4-16-37-52)62(55-42-21-7-22-43-55,56-44-23-8-24-45-56)63(58-47-27-29-48-28-25-26-46-57(48)58)61(59,53-38-17-5-18-39-53)54-40-19-6-20-41-54/h1-47H. The minimum Gasteiger partial charge on any atom is -0.341 e. The van der Waals surface area contributed by atoms with Gasteiger partial charge in [0.25, 0.3) is 0 Å². The molecule has 1 nitrogen and oxygen atoms in total. The molecule has 0 aliphatic carbocycles. The van der Waals surface area contributed by atoms with Crippen LogP contribution in [-0.4, -0.2) is 0 Å². The molecule has 0 bridgehead atoms. The lowest BCUT2D eigenvalue weighted by atomic mass is 9.41. The van der Waals surface area contributed by atoms with Crippen molar-refractivity contribution in [1.82, 2.24) is 0 Å². The maximum Gasteiger partial charge on any atom is 0.107 e. The smallest absolute Gasteiger partial charge is 0.107 e. The maximum absolute atomic E-state index is 2.91. The first-order chi connectivity index (χ1) is 31.3. The molecule has 0 aromatic heterocycles. The van der Waals surface area contributed by atoms with E-state index in [4.69, 9.17) is 0 Å². The van der Waals surface area contributed by atoms with Crippen molar-refractivity contribution in [3.8, 4) is 0 Å². The van der Waals surface area contributed by atoms with Gasteiger partial charge in [-0.25, -0.2) is 0 Å². The van der Waals surface area contributed by atoms with E-state index >= 15 is 0 Å². The molecule has 1 aliphatic heterocycles. The maximum atomic E-state index is 2.91. The van der Waals surface area contributed by atoms with Gasteiger partial charge in [0.2, 0.25) is 0 Å². The molecular weight excluding hydrogens is 759 g/mol. The van der Waals surface area contributed by atoms with Gasteiger partial charge in [-0.2, -0.15) is 0 Å². The minimum absolute atomic E-state index is 0.976. The lowest BCUT2D eigenvalue weighted by Crippen LogP contribution is -2.62. The molecule has 0 unspecified atom stereocenters. The van der Waals surface area contributed by atoms with Crippen molar-refractivity contribution in [3.05, 3.63) is 330 Å². The van der Waals surface area contributed by atoms with Crippen LogP contribution in [0, 0.1) is 0 Å². The van der Waals surface area contributed by atoms with Crippen LogP contribution in [0.5, 0.6) is 0 Å². The van der Waals surface area contributed by atoms with Gasteiger partial charge >= 0.3 is 0 Å². The van der Waals surface area contributed by atoms with E-state index in [1.807, 2.05) is 0 Å². The van der Waals surface area contributed by atoms with E-state index in [9.17, 15) is 0 Å². The Balaban J connectivity index is 1.60. The van der Waals surface area contributed by atoms with Gasteiger partial charge in [-0.05, 0) is 56.0 Å². The number of hydrogen-bond acceptors (Lipinski definition) is 1. The van der Waals surface area contributed by atoms with Gasteiger partial charge < -0.3 is 4.90 Å². The summed E-state index contributed by atoms with van der Waals surface area (Å²) in [7, 11) is 0. The van der Waals surface area contributed by atoms with Crippen LogP contribution in [0.15, 0.2) is 285 Å². The number of fused-ring (bicyclic) bond motifs is 1. The van der Waals surface area contributed by atoms with E-state index in [1.54, 1.807) is 0 Å². The SMILES string of the molecule is c1ccc(C2(c3ccccc3)N(c3cccc4ccccc34)C(c3ccccc3)(c3ccccc3)C(c3ccccc3)(c3ccccc3)C2(c2ccccc2)c2ccccc2)cc1. The lowest BCUT2D eigenvalue weighted by Gasteiger charge is -2.57. The molecule has 300 valence electrons. The largest absolute Gasteiger partial charge is 0.341 e. The molecule has 1 saturated heterocycles. The van der Waals surface area contributed by atoms with Crippen molar-refractivity contribution in [3.63, 3.8) is 0 Å². The van der Waals surface area contributed by atoms with Crippen LogP contribution in [0.1, 0.15) is 44.5 Å². The summed E-state index contributed by atoms with van der Waals surface area (Å²) in [6, 6.07) is 107. The Labute approximate surface area is 371 Å². The van der Waals surface area contributed by atoms with E-state index in [2.05, 4.69) is 290 Å². The molecule has 0 saturated carbocycles. The Kier molecular flexibility index (Phi) is 9.47. The van der Waals surface area contributed by atoms with E-state index in [1.165, 1.54) is 55.3 Å². The highest BCUT2D eigenvalue weighted by atomic mass is 15.4. The van der Waals surface area contributed by atoms with Crippen LogP contribution in [0.25, 0.3) is 10.8 Å². The van der Waals surface area contributed by atoms with Gasteiger partial charge in [0, 0.05) is 11.1 Å². The van der Waals surface area contributed by atoms with Gasteiger partial charge in [0.05, 0.1) is 10.8 Å². The quantitative estimate of drug-likeness (QED) is 0.140. The van der Waals surface area contributed by atoms with Crippen LogP contribution in [0.2, 0.25) is 0 Å². The average Bonchev–Trinajstić information content (AvgIpc) is 3.62. The van der Waals surface area contributed by atoms with Crippen molar-refractivity contribution < 1.29 is 0 Å². The van der Waals surface area contributed by atoms with Crippen molar-refractivity contribution in [2.24, 2.45) is 0 Å². The Morgan fingerprint density at radius 3 is 0.746 bits per heavy atom. The summed E-state index contributed by atoms with van der Waals surface area (Å²) in [6.45, 7) is 0. The van der Waals surface area contributed by atoms with Crippen LogP contribution < -0.4 is 4.90 Å². The molecule has 1 heterocycles. The molecule has 63 heavy (non-hydrogen) atoms. The van der Waals surface area contributed by atoms with Crippen LogP contribution in [0.3, 0.4) is 0 Å². The Hall–Kier alpha value is -7.74. The number of rotatable bonds is 9. The fourth-order valence-electron chi connectivity index (χ4n) is 12.1. The Morgan fingerprint density at radius 1 is 0.206 bits per heavy atom. The van der Waals surface area contributed by atoms with Gasteiger partial charge in [0.15, 0.2) is 0 Å². The van der Waals surface area contributed by atoms with Crippen LogP contribution >= 0.6 is 0 Å². The third kappa shape index (κ3) is 5.23. The molecule has 10 aromatic carbocycles. The zero-order chi connectivity index (χ0) is 42.2. The molecule has 1 heteroatoms. The fourth-order valence-corrected chi connectivity index (χ4v) is 12.1. The summed E-state index contributed by atoms with van der Waals surface area (Å²) < 4.78 is 0. The third-order valence-electron chi connectivity index (χ3n) is 13.9. The van der Waals surface area contributed by atoms with Crippen LogP contribution in [0.4, 0.5) is 5.69 Å². The summed E-state index contributed by atoms with van der Waals surface area (Å²) in [4.78, 5) is 2.91. The zero-order valence-corrected chi connectivity index (χ0v) is 35.1. The van der Waals surface area contributed by atoms with E-state index in [0.717, 1.165) is 5.69 Å². The van der Waals surface area contributed by atoms with Gasteiger partial charge in [0.1, 0.15) is 11.1 Å². The highest BCUT2D eigenvalue weighted by Gasteiger charge is 2.84. The van der Waals surface area contributed by atoms with Gasteiger partial charge in [-0.3, -0.25) is 0 Å². The first kappa shape index (κ1) is 38.2. The molecule has 1 aliphatic rings. The molecule has 0 spiro atoms. The number of anilines is 1. The van der Waals surface area contributed by atoms with Crippen molar-refractivity contribution in [1.29, 1.82) is 0 Å². The highest BCUT2D eigenvalue weighted by molar-refractivity contribution is 5.98. The number of nitrogens with zero attached hydrogens (tertiary/aromatic N) is 1. The highest BCUT2D eigenvalue weighted by Crippen LogP contribution is 2.79. The minimum atomic E-state index is -1.01. The monoisotopic (exact) mass is 805 g/mol. The van der Waals surface area contributed by atoms with Gasteiger partial charge in [-0.15, -0.1) is 0 Å². The number of benzene rings is 10. The molecular formula is C62H47N. The Bertz CT molecular complexity index is 2740. The molecule has 0 radical (unpaired) electrons. The van der Waals surface area contributed by atoms with Crippen molar-refractivity contribution in [2.45, 2.75) is 21.9 Å². The number of hydrogen-bond donors (Lipinski definition) is 0. The predicted molar refractivity (Wildman–Crippen MR) is 261 cm³/mol. The molecule has 10 aromatic rings. The second-order valence-electron chi connectivity index (χ2n) is 16.7. The molecule has 0 atom stereocenters. The zero-order valence-electron chi connectivity index (χ0n) is 35.1. The molecule has 1 fully saturated rings. The normalized spacial score (nSPS) is 15.8. The summed E-state index contributed by atoms with van der Waals surface area (Å²) >= 11 is 0. The molecule has 11 rings (SSSR count). The Morgan fingerprint density at radius 2 is 0.444 bits per heavy atom. The topological polar surface area (TPSA) is 3.24 Å². The van der Waals surface area contributed by atoms with Crippen molar-refractivity contribution in [2.75, 3.05) is 4.90 Å². The molecule has 0 amide bonds. The fraction of sp³-hybridized carbons (Fsp3) is 0.0645. The first-order valence-electron chi connectivity index (χ1n) is 22.0. The lowest BCUT2D eigenvalue weighted by molar-refractivity contribution is 0.245. The predicted octanol–water partition coefficient (Wildman–Crippen LogP) is 14.5. The summed E-state index contributed by atoms with van der Waals surface area (Å²) in [5.41, 5.74) is 6.70. The summed E-state index contributed by atoms with van der Waals surface area (Å²) in [5, 5.41) is 2.36. The third-order valence-corrected chi connectivity index (χ3v) is 13.9. The summed E-state index contributed by atoms with van der Waals surface area (Å²) in [6.07, 6.45) is 0. The van der Waals surface area contributed by atoms with E-state index in [-0.39, 0.29) is 0 Å². The second kappa shape index (κ2) is 15.6.